The summed E-state index contributed by atoms with van der Waals surface area (Å²) >= 11 is 3.38. The van der Waals surface area contributed by atoms with Gasteiger partial charge in [-0.15, -0.1) is 0 Å². The molecule has 0 bridgehead atoms. The molecule has 2 aromatic rings. The van der Waals surface area contributed by atoms with E-state index in [0.29, 0.717) is 5.69 Å². The quantitative estimate of drug-likeness (QED) is 0.643. The summed E-state index contributed by atoms with van der Waals surface area (Å²) in [5.74, 6) is -0.0858. The Morgan fingerprint density at radius 1 is 1.43 bits per heavy atom. The first-order valence-corrected chi connectivity index (χ1v) is 4.95. The lowest BCUT2D eigenvalue weighted by Gasteiger charge is -1.89. The van der Waals surface area contributed by atoms with Gasteiger partial charge in [0.25, 0.3) is 0 Å². The van der Waals surface area contributed by atoms with Crippen LogP contribution in [0, 0.1) is 0 Å². The summed E-state index contributed by atoms with van der Waals surface area (Å²) < 4.78 is 1.00. The molecule has 1 aromatic heterocycles. The lowest BCUT2D eigenvalue weighted by Crippen LogP contribution is -1.92. The van der Waals surface area contributed by atoms with Gasteiger partial charge in [-0.1, -0.05) is 22.5 Å². The third-order valence-corrected chi connectivity index (χ3v) is 2.53. The van der Waals surface area contributed by atoms with Crippen molar-refractivity contribution in [3.05, 3.63) is 47.1 Å². The largest absolute Gasteiger partial charge is 0.352 e. The molecular weight excluding hydrogens is 242 g/mol. The fourth-order valence-corrected chi connectivity index (χ4v) is 1.72. The van der Waals surface area contributed by atoms with Gasteiger partial charge in [-0.2, -0.15) is 0 Å². The average molecular weight is 250 g/mol. The van der Waals surface area contributed by atoms with Gasteiger partial charge in [-0.05, 0) is 30.3 Å². The highest BCUT2D eigenvalue weighted by Gasteiger charge is 2.05. The Bertz CT molecular complexity index is 513. The lowest BCUT2D eigenvalue weighted by molar-refractivity contribution is 0.104. The van der Waals surface area contributed by atoms with E-state index in [0.717, 1.165) is 15.4 Å². The summed E-state index contributed by atoms with van der Waals surface area (Å²) in [5.41, 5.74) is 1.53. The van der Waals surface area contributed by atoms with Crippen LogP contribution >= 0.6 is 15.9 Å². The van der Waals surface area contributed by atoms with E-state index in [1.807, 2.05) is 24.3 Å². The van der Waals surface area contributed by atoms with Crippen LogP contribution in [0.1, 0.15) is 10.5 Å². The molecule has 0 aliphatic heterocycles. The van der Waals surface area contributed by atoms with Crippen LogP contribution in [0.5, 0.6) is 0 Å². The van der Waals surface area contributed by atoms with Crippen LogP contribution < -0.4 is 0 Å². The average Bonchev–Trinajstić information content (AvgIpc) is 2.59. The predicted octanol–water partition coefficient (Wildman–Crippen LogP) is 3.30. The molecule has 70 valence electrons. The van der Waals surface area contributed by atoms with E-state index in [4.69, 9.17) is 0 Å². The number of carbonyl (C=O) groups excluding carboxylic acids is 1. The Balaban J connectivity index is 2.62. The summed E-state index contributed by atoms with van der Waals surface area (Å²) in [7, 11) is 0. The maximum Gasteiger partial charge on any atom is 0.201 e. The number of carbonyl (C=O) groups is 1. The molecule has 0 aliphatic rings. The third-order valence-electron chi connectivity index (χ3n) is 2.03. The first-order valence-electron chi connectivity index (χ1n) is 4.16. The van der Waals surface area contributed by atoms with Crippen LogP contribution in [0.25, 0.3) is 10.9 Å². The molecule has 2 rings (SSSR count). The third kappa shape index (κ3) is 1.51. The molecule has 0 radical (unpaired) electrons. The highest BCUT2D eigenvalue weighted by molar-refractivity contribution is 9.10. The number of H-pyrrole nitrogens is 1. The van der Waals surface area contributed by atoms with Crippen LogP contribution in [0.2, 0.25) is 0 Å². The molecule has 0 amide bonds. The molecule has 3 heteroatoms. The van der Waals surface area contributed by atoms with Gasteiger partial charge in [0.05, 0.1) is 5.69 Å². The molecular formula is C11H8BrNO. The number of nitrogens with one attached hydrogen (secondary N) is 1. The van der Waals surface area contributed by atoms with Crippen molar-refractivity contribution in [3.8, 4) is 0 Å². The molecule has 1 N–H and O–H groups in total. The number of aromatic amines is 1. The van der Waals surface area contributed by atoms with Gasteiger partial charge < -0.3 is 4.98 Å². The number of rotatable bonds is 2. The number of hydrogen-bond acceptors (Lipinski definition) is 1. The Hall–Kier alpha value is -1.35. The Kier molecular flexibility index (Phi) is 2.25. The van der Waals surface area contributed by atoms with Crippen molar-refractivity contribution in [2.75, 3.05) is 0 Å². The molecule has 0 spiro atoms. The van der Waals surface area contributed by atoms with Gasteiger partial charge in [0.1, 0.15) is 0 Å². The highest BCUT2D eigenvalue weighted by Crippen LogP contribution is 2.20. The molecule has 1 heterocycles. The van der Waals surface area contributed by atoms with Crippen molar-refractivity contribution >= 4 is 32.6 Å². The van der Waals surface area contributed by atoms with Gasteiger partial charge in [0, 0.05) is 15.4 Å². The van der Waals surface area contributed by atoms with Gasteiger partial charge in [0.15, 0.2) is 0 Å². The second kappa shape index (κ2) is 3.42. The zero-order valence-corrected chi connectivity index (χ0v) is 8.97. The Morgan fingerprint density at radius 2 is 2.21 bits per heavy atom. The molecule has 0 aliphatic carbocycles. The smallest absolute Gasteiger partial charge is 0.201 e. The van der Waals surface area contributed by atoms with Crippen LogP contribution in [0.15, 0.2) is 41.4 Å². The summed E-state index contributed by atoms with van der Waals surface area (Å²) in [6.45, 7) is 3.45. The van der Waals surface area contributed by atoms with E-state index in [1.54, 1.807) is 0 Å². The maximum atomic E-state index is 11.3. The first kappa shape index (κ1) is 9.21. The number of halogens is 1. The monoisotopic (exact) mass is 249 g/mol. The SMILES string of the molecule is C=CC(=O)c1cc2cc(Br)ccc2[nH]1. The zero-order valence-electron chi connectivity index (χ0n) is 7.38. The van der Waals surface area contributed by atoms with Crippen LogP contribution in [-0.2, 0) is 0 Å². The Morgan fingerprint density at radius 3 is 2.93 bits per heavy atom. The number of hydrogen-bond donors (Lipinski definition) is 1. The van der Waals surface area contributed by atoms with E-state index in [2.05, 4.69) is 27.5 Å². The van der Waals surface area contributed by atoms with Gasteiger partial charge in [-0.3, -0.25) is 4.79 Å². The van der Waals surface area contributed by atoms with Crippen molar-refractivity contribution in [1.82, 2.24) is 4.98 Å². The van der Waals surface area contributed by atoms with Crippen LogP contribution in [-0.4, -0.2) is 10.8 Å². The maximum absolute atomic E-state index is 11.3. The molecule has 0 saturated carbocycles. The number of ketones is 1. The van der Waals surface area contributed by atoms with Crippen molar-refractivity contribution < 1.29 is 4.79 Å². The summed E-state index contributed by atoms with van der Waals surface area (Å²) in [4.78, 5) is 14.3. The first-order chi connectivity index (χ1) is 6.70. The second-order valence-corrected chi connectivity index (χ2v) is 3.90. The molecule has 0 fully saturated rings. The normalized spacial score (nSPS) is 10.4. The second-order valence-electron chi connectivity index (χ2n) is 2.98. The molecule has 0 atom stereocenters. The van der Waals surface area contributed by atoms with Gasteiger partial charge in [0.2, 0.25) is 5.78 Å². The number of aromatic nitrogens is 1. The number of fused-ring (bicyclic) bond motifs is 1. The standard InChI is InChI=1S/C11H8BrNO/c1-2-11(14)10-6-7-5-8(12)3-4-9(7)13-10/h2-6,13H,1H2. The number of allylic oxidation sites excluding steroid dienone is 1. The van der Waals surface area contributed by atoms with Crippen molar-refractivity contribution in [3.63, 3.8) is 0 Å². The predicted molar refractivity (Wildman–Crippen MR) is 60.5 cm³/mol. The fourth-order valence-electron chi connectivity index (χ4n) is 1.35. The van der Waals surface area contributed by atoms with E-state index >= 15 is 0 Å². The van der Waals surface area contributed by atoms with Crippen molar-refractivity contribution in [2.24, 2.45) is 0 Å². The molecule has 0 saturated heterocycles. The molecule has 0 unspecified atom stereocenters. The van der Waals surface area contributed by atoms with E-state index in [-0.39, 0.29) is 5.78 Å². The van der Waals surface area contributed by atoms with Gasteiger partial charge >= 0.3 is 0 Å². The highest BCUT2D eigenvalue weighted by atomic mass is 79.9. The fraction of sp³-hybridized carbons (Fsp3) is 0. The van der Waals surface area contributed by atoms with Crippen LogP contribution in [0.4, 0.5) is 0 Å². The Labute approximate surface area is 89.8 Å². The number of benzene rings is 1. The van der Waals surface area contributed by atoms with E-state index in [9.17, 15) is 4.79 Å². The zero-order chi connectivity index (χ0) is 10.1. The van der Waals surface area contributed by atoms with Gasteiger partial charge in [-0.25, -0.2) is 0 Å². The topological polar surface area (TPSA) is 32.9 Å². The summed E-state index contributed by atoms with van der Waals surface area (Å²) in [6.07, 6.45) is 1.31. The molecule has 1 aromatic carbocycles. The summed E-state index contributed by atoms with van der Waals surface area (Å²) in [5, 5.41) is 1.02. The molecule has 2 nitrogen and oxygen atoms in total. The minimum Gasteiger partial charge on any atom is -0.352 e. The molecule has 14 heavy (non-hydrogen) atoms. The van der Waals surface area contributed by atoms with Crippen LogP contribution in [0.3, 0.4) is 0 Å². The van der Waals surface area contributed by atoms with Crippen molar-refractivity contribution in [1.29, 1.82) is 0 Å². The minimum absolute atomic E-state index is 0.0858. The lowest BCUT2D eigenvalue weighted by atomic mass is 10.2. The van der Waals surface area contributed by atoms with Crippen molar-refractivity contribution in [2.45, 2.75) is 0 Å². The van der Waals surface area contributed by atoms with E-state index in [1.165, 1.54) is 6.08 Å². The summed E-state index contributed by atoms with van der Waals surface area (Å²) in [6, 6.07) is 7.65. The minimum atomic E-state index is -0.0858. The van der Waals surface area contributed by atoms with E-state index < -0.39 is 0 Å².